The maximum absolute atomic E-state index is 15.3. The van der Waals surface area contributed by atoms with Gasteiger partial charge in [0.1, 0.15) is 23.6 Å². The fourth-order valence-electron chi connectivity index (χ4n) is 4.25. The molecule has 37 heavy (non-hydrogen) atoms. The molecule has 13 heteroatoms. The molecule has 0 saturated carbocycles. The Morgan fingerprint density at radius 3 is 2.81 bits per heavy atom. The molecule has 0 bridgehead atoms. The van der Waals surface area contributed by atoms with Crippen LogP contribution in [0.5, 0.6) is 0 Å². The van der Waals surface area contributed by atoms with E-state index in [0.717, 1.165) is 31.4 Å². The highest BCUT2D eigenvalue weighted by Crippen LogP contribution is 2.35. The first-order valence-electron chi connectivity index (χ1n) is 11.9. The lowest BCUT2D eigenvalue weighted by molar-refractivity contribution is -0.0370. The molecule has 194 valence electrons. The number of pyridine rings is 1. The number of nitrogens with zero attached hydrogens (tertiary/aromatic N) is 5. The van der Waals surface area contributed by atoms with Crippen molar-refractivity contribution in [2.45, 2.75) is 38.8 Å². The van der Waals surface area contributed by atoms with Crippen LogP contribution in [0.2, 0.25) is 0 Å². The molecule has 1 fully saturated rings. The lowest BCUT2D eigenvalue weighted by Crippen LogP contribution is -2.19. The molecule has 0 amide bonds. The molecule has 2 N–H and O–H groups in total. The zero-order valence-electron chi connectivity index (χ0n) is 20.0. The number of hydrogen-bond donors (Lipinski definition) is 2. The van der Waals surface area contributed by atoms with E-state index in [0.29, 0.717) is 35.3 Å². The summed E-state index contributed by atoms with van der Waals surface area (Å²) < 4.78 is 64.0. The first-order valence-corrected chi connectivity index (χ1v) is 13.5. The average Bonchev–Trinajstić information content (AvgIpc) is 3.33. The summed E-state index contributed by atoms with van der Waals surface area (Å²) in [6.07, 6.45) is 7.42. The van der Waals surface area contributed by atoms with Crippen molar-refractivity contribution in [1.29, 1.82) is 0 Å². The minimum Gasteiger partial charge on any atom is -0.356 e. The summed E-state index contributed by atoms with van der Waals surface area (Å²) in [7, 11) is -3.78. The lowest BCUT2D eigenvalue weighted by atomic mass is 10.1. The van der Waals surface area contributed by atoms with Gasteiger partial charge in [0.25, 0.3) is 0 Å². The number of benzene rings is 1. The lowest BCUT2D eigenvalue weighted by Gasteiger charge is -2.23. The molecule has 10 nitrogen and oxygen atoms in total. The second-order valence-corrected chi connectivity index (χ2v) is 10.4. The molecule has 4 aromatic rings. The molecule has 5 rings (SSSR count). The summed E-state index contributed by atoms with van der Waals surface area (Å²) in [5, 5.41) is 7.78. The van der Waals surface area contributed by atoms with Crippen molar-refractivity contribution in [2.75, 3.05) is 22.4 Å². The Morgan fingerprint density at radius 2 is 2.03 bits per heavy atom. The molecular weight excluding hydrogens is 504 g/mol. The fraction of sp³-hybridized carbons (Fsp3) is 0.333. The third kappa shape index (κ3) is 5.09. The van der Waals surface area contributed by atoms with E-state index in [1.54, 1.807) is 29.9 Å². The number of sulfonamides is 1. The molecular formula is C24H25F2N7O3S. The van der Waals surface area contributed by atoms with Crippen molar-refractivity contribution in [3.63, 3.8) is 0 Å². The van der Waals surface area contributed by atoms with E-state index < -0.39 is 27.3 Å². The van der Waals surface area contributed by atoms with E-state index in [9.17, 15) is 12.8 Å². The zero-order valence-corrected chi connectivity index (χ0v) is 20.8. The second-order valence-electron chi connectivity index (χ2n) is 8.60. The van der Waals surface area contributed by atoms with Crippen LogP contribution in [-0.4, -0.2) is 45.5 Å². The van der Waals surface area contributed by atoms with Crippen LogP contribution in [0, 0.1) is 11.6 Å². The van der Waals surface area contributed by atoms with Crippen molar-refractivity contribution in [1.82, 2.24) is 24.7 Å². The van der Waals surface area contributed by atoms with Gasteiger partial charge < -0.3 is 10.1 Å². The van der Waals surface area contributed by atoms with E-state index in [-0.39, 0.29) is 23.5 Å². The number of aromatic nitrogens is 5. The van der Waals surface area contributed by atoms with E-state index in [1.165, 1.54) is 12.5 Å². The number of anilines is 3. The molecule has 0 radical (unpaired) electrons. The van der Waals surface area contributed by atoms with Gasteiger partial charge in [0, 0.05) is 18.4 Å². The maximum Gasteiger partial charge on any atom is 0.232 e. The Balaban J connectivity index is 1.53. The monoisotopic (exact) mass is 529 g/mol. The van der Waals surface area contributed by atoms with Gasteiger partial charge in [-0.1, -0.05) is 6.92 Å². The highest BCUT2D eigenvalue weighted by atomic mass is 32.2. The van der Waals surface area contributed by atoms with Crippen LogP contribution < -0.4 is 10.0 Å². The molecule has 1 atom stereocenters. The Morgan fingerprint density at radius 1 is 1.16 bits per heavy atom. The minimum atomic E-state index is -3.78. The SMILES string of the molecule is CCCS(=O)(=O)Nc1ccc(F)c(Nc2ncccc2-c2ncnc3c2cnn3C2CCCCO2)c1F. The van der Waals surface area contributed by atoms with Crippen LogP contribution in [0.1, 0.15) is 38.8 Å². The first-order chi connectivity index (χ1) is 17.9. The number of halogens is 2. The molecule has 0 spiro atoms. The third-order valence-electron chi connectivity index (χ3n) is 5.96. The Bertz CT molecular complexity index is 1540. The largest absolute Gasteiger partial charge is 0.356 e. The molecule has 1 aliphatic heterocycles. The summed E-state index contributed by atoms with van der Waals surface area (Å²) >= 11 is 0. The summed E-state index contributed by atoms with van der Waals surface area (Å²) in [6.45, 7) is 2.33. The predicted octanol–water partition coefficient (Wildman–Crippen LogP) is 4.76. The van der Waals surface area contributed by atoms with Crippen molar-refractivity contribution >= 4 is 38.2 Å². The van der Waals surface area contributed by atoms with E-state index in [1.807, 2.05) is 0 Å². The number of ether oxygens (including phenoxy) is 1. The van der Waals surface area contributed by atoms with Gasteiger partial charge in [-0.3, -0.25) is 4.72 Å². The van der Waals surface area contributed by atoms with Crippen molar-refractivity contribution in [3.8, 4) is 11.3 Å². The zero-order chi connectivity index (χ0) is 26.0. The van der Waals surface area contributed by atoms with Gasteiger partial charge in [0.05, 0.1) is 28.7 Å². The Hall–Kier alpha value is -3.71. The molecule has 1 saturated heterocycles. The number of hydrogen-bond acceptors (Lipinski definition) is 8. The molecule has 1 aliphatic rings. The van der Waals surface area contributed by atoms with Gasteiger partial charge in [0.2, 0.25) is 10.0 Å². The molecule has 1 aromatic carbocycles. The van der Waals surface area contributed by atoms with Crippen LogP contribution in [-0.2, 0) is 14.8 Å². The number of nitrogens with one attached hydrogen (secondary N) is 2. The Labute approximate surface area is 212 Å². The van der Waals surface area contributed by atoms with Gasteiger partial charge in [-0.05, 0) is 49.9 Å². The number of fused-ring (bicyclic) bond motifs is 1. The van der Waals surface area contributed by atoms with Gasteiger partial charge in [-0.2, -0.15) is 5.10 Å². The van der Waals surface area contributed by atoms with Gasteiger partial charge in [-0.15, -0.1) is 0 Å². The van der Waals surface area contributed by atoms with Gasteiger partial charge >= 0.3 is 0 Å². The van der Waals surface area contributed by atoms with Gasteiger partial charge in [-0.25, -0.2) is 36.8 Å². The average molecular weight is 530 g/mol. The summed E-state index contributed by atoms with van der Waals surface area (Å²) in [5.41, 5.74) is 0.565. The summed E-state index contributed by atoms with van der Waals surface area (Å²) in [6, 6.07) is 5.40. The first kappa shape index (κ1) is 25.0. The molecule has 3 aromatic heterocycles. The third-order valence-corrected chi connectivity index (χ3v) is 7.43. The van der Waals surface area contributed by atoms with E-state index in [2.05, 4.69) is 30.1 Å². The van der Waals surface area contributed by atoms with Crippen molar-refractivity contribution < 1.29 is 21.9 Å². The Kier molecular flexibility index (Phi) is 6.98. The smallest absolute Gasteiger partial charge is 0.232 e. The van der Waals surface area contributed by atoms with Crippen LogP contribution in [0.3, 0.4) is 0 Å². The maximum atomic E-state index is 15.3. The van der Waals surface area contributed by atoms with Crippen LogP contribution in [0.4, 0.5) is 26.0 Å². The normalized spacial score (nSPS) is 16.1. The molecule has 0 aliphatic carbocycles. The number of rotatable bonds is 8. The summed E-state index contributed by atoms with van der Waals surface area (Å²) in [4.78, 5) is 13.1. The minimum absolute atomic E-state index is 0.121. The second kappa shape index (κ2) is 10.3. The highest BCUT2D eigenvalue weighted by Gasteiger charge is 2.23. The van der Waals surface area contributed by atoms with Crippen LogP contribution in [0.15, 0.2) is 43.0 Å². The standard InChI is InChI=1S/C24H25F2N7O3S/c1-2-12-37(34,35)32-18-9-8-17(25)22(20(18)26)31-23-15(6-5-10-27-23)21-16-13-30-33(24(16)29-14-28-21)19-7-3-4-11-36-19/h5-6,8-10,13-14,19,32H,2-4,7,11-12H2,1H3,(H,27,31). The van der Waals surface area contributed by atoms with Crippen molar-refractivity contribution in [2.24, 2.45) is 0 Å². The predicted molar refractivity (Wildman–Crippen MR) is 135 cm³/mol. The van der Waals surface area contributed by atoms with E-state index in [4.69, 9.17) is 4.74 Å². The highest BCUT2D eigenvalue weighted by molar-refractivity contribution is 7.92. The topological polar surface area (TPSA) is 124 Å². The quantitative estimate of drug-likeness (QED) is 0.335. The molecule has 1 unspecified atom stereocenters. The van der Waals surface area contributed by atoms with Crippen molar-refractivity contribution in [3.05, 3.63) is 54.6 Å². The van der Waals surface area contributed by atoms with Gasteiger partial charge in [0.15, 0.2) is 17.7 Å². The fourth-order valence-corrected chi connectivity index (χ4v) is 5.38. The van der Waals surface area contributed by atoms with Crippen LogP contribution in [0.25, 0.3) is 22.3 Å². The molecule has 4 heterocycles. The van der Waals surface area contributed by atoms with Crippen LogP contribution >= 0.6 is 0 Å². The summed E-state index contributed by atoms with van der Waals surface area (Å²) in [5.74, 6) is -2.08. The van der Waals surface area contributed by atoms with E-state index >= 15 is 4.39 Å².